The molecule has 0 atom stereocenters. The van der Waals surface area contributed by atoms with Gasteiger partial charge < -0.3 is 14.6 Å². The maximum absolute atomic E-state index is 13.6. The van der Waals surface area contributed by atoms with E-state index < -0.39 is 0 Å². The van der Waals surface area contributed by atoms with E-state index in [-0.39, 0.29) is 24.4 Å². The predicted molar refractivity (Wildman–Crippen MR) is 159 cm³/mol. The summed E-state index contributed by atoms with van der Waals surface area (Å²) in [6.45, 7) is 2.27. The van der Waals surface area contributed by atoms with Crippen molar-refractivity contribution in [3.63, 3.8) is 0 Å². The summed E-state index contributed by atoms with van der Waals surface area (Å²) in [5, 5.41) is 6.01. The minimum atomic E-state index is -0.380. The fourth-order valence-corrected chi connectivity index (χ4v) is 5.92. The van der Waals surface area contributed by atoms with Crippen LogP contribution in [0.25, 0.3) is 11.4 Å². The van der Waals surface area contributed by atoms with Gasteiger partial charge in [-0.05, 0) is 65.8 Å². The third kappa shape index (κ3) is 5.62. The summed E-state index contributed by atoms with van der Waals surface area (Å²) in [6, 6.07) is 16.5. The van der Waals surface area contributed by atoms with Gasteiger partial charge in [-0.2, -0.15) is 0 Å². The smallest absolute Gasteiger partial charge is 0.329 e. The van der Waals surface area contributed by atoms with Crippen molar-refractivity contribution in [1.82, 2.24) is 20.2 Å². The SMILES string of the molecule is Cn1c(N2CCC(=O)NC2=O)cnc1-c1cccc2c1CCC2.Fc1cccc(Cl)c1COc1ccc2c(c1)CNC2. The van der Waals surface area contributed by atoms with E-state index in [0.29, 0.717) is 29.4 Å². The molecule has 8 nitrogen and oxygen atoms in total. The number of aryl methyl sites for hydroxylation is 1. The van der Waals surface area contributed by atoms with Gasteiger partial charge in [0.05, 0.1) is 11.2 Å². The molecule has 0 saturated carbocycles. The molecule has 3 aliphatic rings. The van der Waals surface area contributed by atoms with Gasteiger partial charge in [0.15, 0.2) is 0 Å². The van der Waals surface area contributed by atoms with Crippen LogP contribution in [0.15, 0.2) is 60.8 Å². The molecule has 42 heavy (non-hydrogen) atoms. The summed E-state index contributed by atoms with van der Waals surface area (Å²) in [5.74, 6) is 1.75. The van der Waals surface area contributed by atoms with Crippen LogP contribution in [0.1, 0.15) is 40.7 Å². The predicted octanol–water partition coefficient (Wildman–Crippen LogP) is 5.68. The zero-order valence-electron chi connectivity index (χ0n) is 23.3. The van der Waals surface area contributed by atoms with Crippen LogP contribution in [0, 0.1) is 5.82 Å². The molecule has 3 amide bonds. The number of urea groups is 1. The number of carbonyl (C=O) groups is 2. The Morgan fingerprint density at radius 2 is 1.83 bits per heavy atom. The molecule has 0 spiro atoms. The van der Waals surface area contributed by atoms with Gasteiger partial charge in [-0.1, -0.05) is 41.9 Å². The molecule has 216 valence electrons. The first-order valence-corrected chi connectivity index (χ1v) is 14.4. The van der Waals surface area contributed by atoms with Gasteiger partial charge in [0, 0.05) is 44.2 Å². The first kappa shape index (κ1) is 27.9. The van der Waals surface area contributed by atoms with Crippen LogP contribution in [0.3, 0.4) is 0 Å². The van der Waals surface area contributed by atoms with Gasteiger partial charge >= 0.3 is 6.03 Å². The fraction of sp³-hybridized carbons (Fsp3) is 0.281. The number of amides is 3. The largest absolute Gasteiger partial charge is 0.489 e. The molecular formula is C32H31ClFN5O3. The number of imidazole rings is 1. The van der Waals surface area contributed by atoms with Crippen molar-refractivity contribution in [3.8, 4) is 17.1 Å². The molecular weight excluding hydrogens is 557 g/mol. The van der Waals surface area contributed by atoms with Crippen LogP contribution in [0.5, 0.6) is 5.75 Å². The van der Waals surface area contributed by atoms with Gasteiger partial charge in [-0.3, -0.25) is 15.0 Å². The van der Waals surface area contributed by atoms with E-state index in [1.807, 2.05) is 29.8 Å². The number of carbonyl (C=O) groups excluding carboxylic acids is 2. The molecule has 1 fully saturated rings. The van der Waals surface area contributed by atoms with Crippen molar-refractivity contribution in [3.05, 3.63) is 99.5 Å². The van der Waals surface area contributed by atoms with E-state index in [1.165, 1.54) is 34.7 Å². The highest BCUT2D eigenvalue weighted by atomic mass is 35.5. The number of ether oxygens (including phenoxy) is 1. The zero-order valence-corrected chi connectivity index (χ0v) is 24.0. The second-order valence-corrected chi connectivity index (χ2v) is 11.0. The second-order valence-electron chi connectivity index (χ2n) is 10.6. The number of aromatic nitrogens is 2. The van der Waals surface area contributed by atoms with Crippen molar-refractivity contribution >= 4 is 29.4 Å². The first-order chi connectivity index (χ1) is 20.4. The van der Waals surface area contributed by atoms with E-state index in [2.05, 4.69) is 33.8 Å². The lowest BCUT2D eigenvalue weighted by atomic mass is 10.0. The number of halogens is 2. The Labute approximate surface area is 248 Å². The van der Waals surface area contributed by atoms with Crippen LogP contribution >= 0.6 is 11.6 Å². The molecule has 3 aromatic carbocycles. The average molecular weight is 588 g/mol. The van der Waals surface area contributed by atoms with Crippen molar-refractivity contribution in [2.75, 3.05) is 11.4 Å². The van der Waals surface area contributed by atoms with Crippen LogP contribution in [0.4, 0.5) is 15.0 Å². The number of fused-ring (bicyclic) bond motifs is 2. The summed E-state index contributed by atoms with van der Waals surface area (Å²) in [6.07, 6.45) is 5.40. The van der Waals surface area contributed by atoms with Gasteiger partial charge in [0.25, 0.3) is 0 Å². The van der Waals surface area contributed by atoms with E-state index in [0.717, 1.165) is 43.1 Å². The molecule has 2 N–H and O–H groups in total. The van der Waals surface area contributed by atoms with E-state index in [4.69, 9.17) is 16.3 Å². The average Bonchev–Trinajstić information content (AvgIpc) is 3.73. The molecule has 1 aliphatic carbocycles. The third-order valence-electron chi connectivity index (χ3n) is 7.93. The molecule has 4 aromatic rings. The molecule has 7 rings (SSSR count). The van der Waals surface area contributed by atoms with Crippen LogP contribution < -0.4 is 20.3 Å². The monoisotopic (exact) mass is 587 g/mol. The fourth-order valence-electron chi connectivity index (χ4n) is 5.70. The van der Waals surface area contributed by atoms with Gasteiger partial charge in [0.2, 0.25) is 5.91 Å². The summed E-state index contributed by atoms with van der Waals surface area (Å²) < 4.78 is 21.2. The summed E-state index contributed by atoms with van der Waals surface area (Å²) >= 11 is 5.96. The lowest BCUT2D eigenvalue weighted by Crippen LogP contribution is -2.50. The van der Waals surface area contributed by atoms with Gasteiger partial charge in [0.1, 0.15) is 29.8 Å². The van der Waals surface area contributed by atoms with Gasteiger partial charge in [-0.15, -0.1) is 0 Å². The molecule has 0 unspecified atom stereocenters. The molecule has 0 bridgehead atoms. The Morgan fingerprint density at radius 3 is 2.67 bits per heavy atom. The lowest BCUT2D eigenvalue weighted by Gasteiger charge is -2.26. The van der Waals surface area contributed by atoms with Crippen LogP contribution in [0.2, 0.25) is 5.02 Å². The highest BCUT2D eigenvalue weighted by Gasteiger charge is 2.28. The molecule has 2 aliphatic heterocycles. The minimum absolute atomic E-state index is 0.137. The number of nitrogens with one attached hydrogen (secondary N) is 2. The number of hydrogen-bond acceptors (Lipinski definition) is 5. The Kier molecular flexibility index (Phi) is 7.95. The number of hydrogen-bond donors (Lipinski definition) is 2. The van der Waals surface area contributed by atoms with Crippen molar-refractivity contribution in [2.45, 2.75) is 45.4 Å². The van der Waals surface area contributed by atoms with Crippen LogP contribution in [-0.2, 0) is 44.4 Å². The summed E-state index contributed by atoms with van der Waals surface area (Å²) in [5.41, 5.74) is 6.82. The number of anilines is 1. The Balaban J connectivity index is 0.000000153. The van der Waals surface area contributed by atoms with Crippen molar-refractivity contribution in [1.29, 1.82) is 0 Å². The maximum atomic E-state index is 13.6. The molecule has 1 aromatic heterocycles. The topological polar surface area (TPSA) is 88.5 Å². The first-order valence-electron chi connectivity index (χ1n) is 14.0. The highest BCUT2D eigenvalue weighted by Crippen LogP contribution is 2.33. The number of rotatable bonds is 5. The molecule has 1 saturated heterocycles. The Morgan fingerprint density at radius 1 is 1.00 bits per heavy atom. The zero-order chi connectivity index (χ0) is 29.2. The van der Waals surface area contributed by atoms with Crippen molar-refractivity contribution in [2.24, 2.45) is 7.05 Å². The number of benzene rings is 3. The molecule has 10 heteroatoms. The number of imide groups is 1. The van der Waals surface area contributed by atoms with Crippen molar-refractivity contribution < 1.29 is 18.7 Å². The maximum Gasteiger partial charge on any atom is 0.329 e. The lowest BCUT2D eigenvalue weighted by molar-refractivity contribution is -0.120. The summed E-state index contributed by atoms with van der Waals surface area (Å²) in [4.78, 5) is 29.5. The minimum Gasteiger partial charge on any atom is -0.489 e. The van der Waals surface area contributed by atoms with E-state index in [1.54, 1.807) is 23.2 Å². The summed E-state index contributed by atoms with van der Waals surface area (Å²) in [7, 11) is 1.91. The number of nitrogens with zero attached hydrogens (tertiary/aromatic N) is 3. The van der Waals surface area contributed by atoms with E-state index >= 15 is 0 Å². The normalized spacial score (nSPS) is 15.5. The van der Waals surface area contributed by atoms with Gasteiger partial charge in [-0.25, -0.2) is 14.2 Å². The Bertz CT molecular complexity index is 1650. The second kappa shape index (κ2) is 12.0. The van der Waals surface area contributed by atoms with Crippen LogP contribution in [-0.4, -0.2) is 28.0 Å². The van der Waals surface area contributed by atoms with E-state index in [9.17, 15) is 14.0 Å². The molecule has 0 radical (unpaired) electrons. The third-order valence-corrected chi connectivity index (χ3v) is 8.29. The standard InChI is InChI=1S/C17H18N4O2.C15H13ClFNO/c1-20-15(21-9-8-14(22)19-17(21)23)10-18-16(20)13-7-3-5-11-4-2-6-12(11)13;16-14-2-1-3-15(17)13(14)9-19-12-5-4-10-7-18-8-11(10)6-12/h3,5,7,10H,2,4,6,8-9H2,1H3,(H,19,22,23);1-6,18H,7-9H2. The highest BCUT2D eigenvalue weighted by molar-refractivity contribution is 6.31. The molecule has 3 heterocycles. The quantitative estimate of drug-likeness (QED) is 0.313. The Hall–Kier alpha value is -4.21.